The van der Waals surface area contributed by atoms with Gasteiger partial charge in [0.2, 0.25) is 5.82 Å². The van der Waals surface area contributed by atoms with Gasteiger partial charge in [0.15, 0.2) is 10.1 Å². The monoisotopic (exact) mass is 426 g/mol. The second-order valence-corrected chi connectivity index (χ2v) is 8.49. The number of nitrogens with one attached hydrogen (secondary N) is 1. The van der Waals surface area contributed by atoms with Crippen LogP contribution in [-0.4, -0.2) is 81.6 Å². The molecule has 12 heteroatoms. The Labute approximate surface area is 162 Å². The number of likely N-dealkylation sites (tertiary alicyclic amines) is 1. The van der Waals surface area contributed by atoms with Gasteiger partial charge in [-0.3, -0.25) is 9.28 Å². The molecule has 1 saturated heterocycles. The van der Waals surface area contributed by atoms with E-state index in [2.05, 4.69) is 15.2 Å². The summed E-state index contributed by atoms with van der Waals surface area (Å²) in [6.45, 7) is 3.98. The number of carbonyl (C=O) groups excluding carboxylic acids is 1. The van der Waals surface area contributed by atoms with Crippen LogP contribution in [0.4, 0.5) is 19.0 Å². The lowest BCUT2D eigenvalue weighted by Crippen LogP contribution is -2.36. The molecule has 2 heterocycles. The number of hydrogen-bond donors (Lipinski definition) is 1. The lowest BCUT2D eigenvalue weighted by Gasteiger charge is -2.22. The maximum Gasteiger partial charge on any atom is 0.485 e. The standard InChI is InChI=1S/C15H24N4O.CHF3O3S/c1-19(2,3)14-12-13(6-7-16-14)15(20)17-8-11-18-9-4-5-10-18;2-1(3,4)8(5,6)7/h6-7,12H,4-5,8-11H2,1-3H3;(H,5,6,7). The van der Waals surface area contributed by atoms with Crippen LogP contribution < -0.4 is 9.80 Å². The molecule has 1 amide bonds. The zero-order chi connectivity index (χ0) is 21.6. The van der Waals surface area contributed by atoms with E-state index in [0.717, 1.165) is 25.5 Å². The molecule has 0 spiro atoms. The number of hydrogen-bond acceptors (Lipinski definition) is 6. The third-order valence-electron chi connectivity index (χ3n) is 3.89. The van der Waals surface area contributed by atoms with Gasteiger partial charge in [-0.15, -0.1) is 0 Å². The Balaban J connectivity index is 0.000000416. The topological polar surface area (TPSA) is 102 Å². The van der Waals surface area contributed by atoms with E-state index in [4.69, 9.17) is 13.0 Å². The van der Waals surface area contributed by atoms with E-state index in [1.165, 1.54) is 12.8 Å². The average molecular weight is 426 g/mol. The fourth-order valence-corrected chi connectivity index (χ4v) is 2.36. The van der Waals surface area contributed by atoms with Crippen LogP contribution in [0.3, 0.4) is 0 Å². The van der Waals surface area contributed by atoms with Crippen molar-refractivity contribution in [1.29, 1.82) is 0 Å². The number of pyridine rings is 1. The van der Waals surface area contributed by atoms with Gasteiger partial charge in [-0.1, -0.05) is 0 Å². The Bertz CT molecular complexity index is 758. The molecule has 1 aromatic rings. The van der Waals surface area contributed by atoms with E-state index in [-0.39, 0.29) is 5.91 Å². The smallest absolute Gasteiger partial charge is 0.485 e. The summed E-state index contributed by atoms with van der Waals surface area (Å²) in [5.74, 6) is 0.874. The van der Waals surface area contributed by atoms with E-state index in [9.17, 15) is 18.0 Å². The maximum absolute atomic E-state index is 12.1. The Morgan fingerprint density at radius 3 is 2.29 bits per heavy atom. The molecule has 0 radical (unpaired) electrons. The third-order valence-corrected chi connectivity index (χ3v) is 4.46. The van der Waals surface area contributed by atoms with Crippen molar-refractivity contribution < 1.29 is 30.9 Å². The predicted molar refractivity (Wildman–Crippen MR) is 97.6 cm³/mol. The zero-order valence-electron chi connectivity index (χ0n) is 16.0. The molecule has 2 rings (SSSR count). The van der Waals surface area contributed by atoms with Gasteiger partial charge in [-0.2, -0.15) is 13.2 Å². The maximum atomic E-state index is 12.1. The molecule has 1 aliphatic heterocycles. The van der Waals surface area contributed by atoms with Crippen LogP contribution in [0.2, 0.25) is 0 Å². The highest BCUT2D eigenvalue weighted by molar-refractivity contribution is 7.86. The van der Waals surface area contributed by atoms with Crippen LogP contribution in [0.5, 0.6) is 0 Å². The normalized spacial score (nSPS) is 15.7. The van der Waals surface area contributed by atoms with Crippen molar-refractivity contribution in [2.75, 3.05) is 47.3 Å². The zero-order valence-corrected chi connectivity index (χ0v) is 16.8. The van der Waals surface area contributed by atoms with Gasteiger partial charge in [0.1, 0.15) is 0 Å². The van der Waals surface area contributed by atoms with Crippen molar-refractivity contribution >= 4 is 21.8 Å². The number of nitrogens with zero attached hydrogens (tertiary/aromatic N) is 3. The fraction of sp³-hybridized carbons (Fsp3) is 0.625. The summed E-state index contributed by atoms with van der Waals surface area (Å²) in [4.78, 5) is 18.8. The lowest BCUT2D eigenvalue weighted by molar-refractivity contribution is -0.0517. The molecule has 8 nitrogen and oxygen atoms in total. The SMILES string of the molecule is C[N+](C)(C)c1cc(C(=O)NCCN2CCCC2)ccn1.O=S(=O)([O-])C(F)(F)F. The largest absolute Gasteiger partial charge is 0.741 e. The van der Waals surface area contributed by atoms with Gasteiger partial charge < -0.3 is 14.8 Å². The van der Waals surface area contributed by atoms with Crippen molar-refractivity contribution in [2.45, 2.75) is 18.3 Å². The molecule has 0 aliphatic carbocycles. The number of amides is 1. The van der Waals surface area contributed by atoms with Crippen LogP contribution in [-0.2, 0) is 10.1 Å². The van der Waals surface area contributed by atoms with Gasteiger partial charge in [0.25, 0.3) is 5.91 Å². The van der Waals surface area contributed by atoms with Crippen LogP contribution in [0.1, 0.15) is 23.2 Å². The van der Waals surface area contributed by atoms with Crippen LogP contribution in [0, 0.1) is 0 Å². The first kappa shape index (κ1) is 24.3. The molecule has 1 fully saturated rings. The summed E-state index contributed by atoms with van der Waals surface area (Å²) in [6, 6.07) is 3.63. The minimum atomic E-state index is -6.09. The molecule has 0 atom stereocenters. The van der Waals surface area contributed by atoms with E-state index in [0.29, 0.717) is 16.6 Å². The Morgan fingerprint density at radius 1 is 1.29 bits per heavy atom. The number of aromatic nitrogens is 1. The van der Waals surface area contributed by atoms with Crippen LogP contribution >= 0.6 is 0 Å². The molecule has 0 bridgehead atoms. The first-order valence-electron chi connectivity index (χ1n) is 8.52. The summed E-state index contributed by atoms with van der Waals surface area (Å²) in [5, 5.41) is 2.99. The predicted octanol–water partition coefficient (Wildman–Crippen LogP) is 1.16. The molecule has 28 heavy (non-hydrogen) atoms. The van der Waals surface area contributed by atoms with Crippen molar-refractivity contribution in [3.8, 4) is 0 Å². The molecule has 160 valence electrons. The number of carbonyl (C=O) groups is 1. The number of rotatable bonds is 5. The quantitative estimate of drug-likeness (QED) is 0.431. The van der Waals surface area contributed by atoms with Gasteiger partial charge in [-0.25, -0.2) is 13.4 Å². The lowest BCUT2D eigenvalue weighted by atomic mass is 10.2. The first-order chi connectivity index (χ1) is 12.7. The summed E-state index contributed by atoms with van der Waals surface area (Å²) < 4.78 is 59.5. The minimum Gasteiger partial charge on any atom is -0.741 e. The molecule has 0 saturated carbocycles. The molecule has 1 aromatic heterocycles. The second-order valence-electron chi connectivity index (χ2n) is 7.12. The summed E-state index contributed by atoms with van der Waals surface area (Å²) in [5.41, 5.74) is -4.96. The summed E-state index contributed by atoms with van der Waals surface area (Å²) in [7, 11) is 0.0270. The summed E-state index contributed by atoms with van der Waals surface area (Å²) >= 11 is 0. The molecular weight excluding hydrogens is 401 g/mol. The molecular formula is C16H25F3N4O4S. The Morgan fingerprint density at radius 2 is 1.82 bits per heavy atom. The Kier molecular flexibility index (Phi) is 8.35. The van der Waals surface area contributed by atoms with Crippen molar-refractivity contribution in [3.05, 3.63) is 23.9 Å². The molecule has 1 N–H and O–H groups in total. The van der Waals surface area contributed by atoms with Crippen molar-refractivity contribution in [3.63, 3.8) is 0 Å². The fourth-order valence-electron chi connectivity index (χ4n) is 2.36. The van der Waals surface area contributed by atoms with Crippen LogP contribution in [0.15, 0.2) is 18.3 Å². The van der Waals surface area contributed by atoms with Crippen LogP contribution in [0.25, 0.3) is 0 Å². The van der Waals surface area contributed by atoms with E-state index >= 15 is 0 Å². The van der Waals surface area contributed by atoms with Gasteiger partial charge >= 0.3 is 5.51 Å². The van der Waals surface area contributed by atoms with Gasteiger partial charge in [0, 0.05) is 30.9 Å². The highest BCUT2D eigenvalue weighted by Gasteiger charge is 2.36. The summed E-state index contributed by atoms with van der Waals surface area (Å²) in [6.07, 6.45) is 4.27. The molecule has 0 unspecified atom stereocenters. The second kappa shape index (κ2) is 9.63. The highest BCUT2D eigenvalue weighted by atomic mass is 32.2. The van der Waals surface area contributed by atoms with E-state index in [1.807, 2.05) is 27.2 Å². The van der Waals surface area contributed by atoms with Crippen molar-refractivity contribution in [2.24, 2.45) is 0 Å². The number of quaternary nitrogens is 1. The Hall–Kier alpha value is -1.76. The highest BCUT2D eigenvalue weighted by Crippen LogP contribution is 2.20. The van der Waals surface area contributed by atoms with E-state index < -0.39 is 15.6 Å². The third kappa shape index (κ3) is 8.09. The van der Waals surface area contributed by atoms with Crippen molar-refractivity contribution in [1.82, 2.24) is 19.7 Å². The van der Waals surface area contributed by atoms with E-state index in [1.54, 1.807) is 12.3 Å². The average Bonchev–Trinajstić information content (AvgIpc) is 3.06. The van der Waals surface area contributed by atoms with Gasteiger partial charge in [0.05, 0.1) is 21.1 Å². The molecule has 0 aromatic carbocycles. The molecule has 1 aliphatic rings. The first-order valence-corrected chi connectivity index (χ1v) is 9.93. The number of alkyl halides is 3. The number of halogens is 3. The minimum absolute atomic E-state index is 0.0127. The van der Waals surface area contributed by atoms with Gasteiger partial charge in [-0.05, 0) is 32.0 Å².